The predicted octanol–water partition coefficient (Wildman–Crippen LogP) is 5.49. The third-order valence-corrected chi connectivity index (χ3v) is 6.57. The summed E-state index contributed by atoms with van der Waals surface area (Å²) in [4.78, 5) is 2.24. The molecule has 0 amide bonds. The van der Waals surface area contributed by atoms with Crippen molar-refractivity contribution in [1.29, 1.82) is 0 Å². The molecule has 1 fully saturated rings. The molecule has 0 radical (unpaired) electrons. The number of benzene rings is 2. The van der Waals surface area contributed by atoms with Crippen molar-refractivity contribution in [2.45, 2.75) is 38.2 Å². The fourth-order valence-electron chi connectivity index (χ4n) is 4.62. The SMILES string of the molecule is CN(C)CC1CC(O)CCC1(Cc1ccc(Cl)cc1)Cc1ccccc1Cl. The van der Waals surface area contributed by atoms with E-state index in [0.29, 0.717) is 5.92 Å². The lowest BCUT2D eigenvalue weighted by Crippen LogP contribution is -2.46. The number of hydrogen-bond acceptors (Lipinski definition) is 2. The minimum atomic E-state index is -0.209. The molecule has 0 bridgehead atoms. The second-order valence-corrected chi connectivity index (χ2v) is 9.16. The molecule has 2 aromatic carbocycles. The number of nitrogens with zero attached hydrogens (tertiary/aromatic N) is 1. The molecule has 3 unspecified atom stereocenters. The standard InChI is InChI=1S/C23H29Cl2NO/c1-26(2)16-19-13-21(27)11-12-23(19,14-17-7-9-20(24)10-8-17)15-18-5-3-4-6-22(18)25/h3-10,19,21,27H,11-16H2,1-2H3. The van der Waals surface area contributed by atoms with E-state index in [1.54, 1.807) is 0 Å². The van der Waals surface area contributed by atoms with E-state index in [1.807, 2.05) is 24.3 Å². The van der Waals surface area contributed by atoms with Gasteiger partial charge in [0.2, 0.25) is 0 Å². The molecule has 2 nitrogen and oxygen atoms in total. The maximum atomic E-state index is 10.4. The zero-order valence-electron chi connectivity index (χ0n) is 16.2. The van der Waals surface area contributed by atoms with Crippen LogP contribution in [0.15, 0.2) is 48.5 Å². The highest BCUT2D eigenvalue weighted by Gasteiger charge is 2.43. The molecule has 3 rings (SSSR count). The molecule has 1 aliphatic carbocycles. The van der Waals surface area contributed by atoms with E-state index in [2.05, 4.69) is 43.3 Å². The molecule has 146 valence electrons. The van der Waals surface area contributed by atoms with Gasteiger partial charge in [0.25, 0.3) is 0 Å². The Morgan fingerprint density at radius 3 is 2.41 bits per heavy atom. The van der Waals surface area contributed by atoms with E-state index in [-0.39, 0.29) is 11.5 Å². The summed E-state index contributed by atoms with van der Waals surface area (Å²) in [5.74, 6) is 0.406. The molecule has 0 aliphatic heterocycles. The second kappa shape index (κ2) is 8.96. The van der Waals surface area contributed by atoms with Gasteiger partial charge in [0, 0.05) is 16.6 Å². The Morgan fingerprint density at radius 2 is 1.74 bits per heavy atom. The molecule has 0 heterocycles. The molecule has 2 aromatic rings. The van der Waals surface area contributed by atoms with Crippen molar-refractivity contribution in [3.8, 4) is 0 Å². The van der Waals surface area contributed by atoms with Crippen molar-refractivity contribution in [3.63, 3.8) is 0 Å². The zero-order valence-corrected chi connectivity index (χ0v) is 17.7. The van der Waals surface area contributed by atoms with Crippen LogP contribution in [0.25, 0.3) is 0 Å². The van der Waals surface area contributed by atoms with E-state index in [1.165, 1.54) is 11.1 Å². The Kier molecular flexibility index (Phi) is 6.86. The van der Waals surface area contributed by atoms with Gasteiger partial charge >= 0.3 is 0 Å². The topological polar surface area (TPSA) is 23.5 Å². The molecule has 1 saturated carbocycles. The molecule has 27 heavy (non-hydrogen) atoms. The zero-order chi connectivity index (χ0) is 19.4. The van der Waals surface area contributed by atoms with Crippen LogP contribution in [0.3, 0.4) is 0 Å². The maximum Gasteiger partial charge on any atom is 0.0543 e. The summed E-state index contributed by atoms with van der Waals surface area (Å²) in [6, 6.07) is 16.4. The average molecular weight is 406 g/mol. The molecule has 3 atom stereocenters. The second-order valence-electron chi connectivity index (χ2n) is 8.32. The van der Waals surface area contributed by atoms with Crippen molar-refractivity contribution in [2.24, 2.45) is 11.3 Å². The van der Waals surface area contributed by atoms with Gasteiger partial charge in [0.05, 0.1) is 6.10 Å². The van der Waals surface area contributed by atoms with Crippen LogP contribution in [0.5, 0.6) is 0 Å². The van der Waals surface area contributed by atoms with Gasteiger partial charge in [-0.25, -0.2) is 0 Å². The number of halogens is 2. The van der Waals surface area contributed by atoms with Crippen molar-refractivity contribution < 1.29 is 5.11 Å². The molecule has 0 spiro atoms. The van der Waals surface area contributed by atoms with Crippen LogP contribution in [0, 0.1) is 11.3 Å². The van der Waals surface area contributed by atoms with E-state index in [4.69, 9.17) is 23.2 Å². The van der Waals surface area contributed by atoms with Crippen LogP contribution in [-0.4, -0.2) is 36.8 Å². The lowest BCUT2D eigenvalue weighted by atomic mass is 9.60. The summed E-state index contributed by atoms with van der Waals surface area (Å²) in [6.07, 6.45) is 4.39. The minimum Gasteiger partial charge on any atom is -0.393 e. The summed E-state index contributed by atoms with van der Waals surface area (Å²) in [6.45, 7) is 0.967. The molecule has 1 N–H and O–H groups in total. The lowest BCUT2D eigenvalue weighted by molar-refractivity contribution is -0.00341. The van der Waals surface area contributed by atoms with Crippen LogP contribution in [0.2, 0.25) is 10.0 Å². The Hall–Kier alpha value is -1.06. The van der Waals surface area contributed by atoms with Crippen LogP contribution in [-0.2, 0) is 12.8 Å². The summed E-state index contributed by atoms with van der Waals surface area (Å²) < 4.78 is 0. The largest absolute Gasteiger partial charge is 0.393 e. The van der Waals surface area contributed by atoms with Gasteiger partial charge in [0.1, 0.15) is 0 Å². The van der Waals surface area contributed by atoms with E-state index in [0.717, 1.165) is 48.7 Å². The van der Waals surface area contributed by atoms with Crippen LogP contribution < -0.4 is 0 Å². The summed E-state index contributed by atoms with van der Waals surface area (Å²) in [5.41, 5.74) is 2.57. The van der Waals surface area contributed by atoms with Crippen LogP contribution in [0.4, 0.5) is 0 Å². The highest BCUT2D eigenvalue weighted by Crippen LogP contribution is 2.47. The van der Waals surface area contributed by atoms with Crippen LogP contribution >= 0.6 is 23.2 Å². The van der Waals surface area contributed by atoms with Crippen molar-refractivity contribution in [2.75, 3.05) is 20.6 Å². The molecule has 1 aliphatic rings. The number of aliphatic hydroxyl groups excluding tert-OH is 1. The summed E-state index contributed by atoms with van der Waals surface area (Å²) in [5, 5.41) is 12.0. The quantitative estimate of drug-likeness (QED) is 0.686. The average Bonchev–Trinajstić information content (AvgIpc) is 2.62. The molecular weight excluding hydrogens is 377 g/mol. The van der Waals surface area contributed by atoms with Gasteiger partial charge in [-0.15, -0.1) is 0 Å². The van der Waals surface area contributed by atoms with Gasteiger partial charge in [-0.3, -0.25) is 0 Å². The fourth-order valence-corrected chi connectivity index (χ4v) is 4.95. The van der Waals surface area contributed by atoms with Crippen LogP contribution in [0.1, 0.15) is 30.4 Å². The normalized spacial score (nSPS) is 25.7. The smallest absolute Gasteiger partial charge is 0.0543 e. The van der Waals surface area contributed by atoms with Gasteiger partial charge in [-0.2, -0.15) is 0 Å². The first-order valence-corrected chi connectivity index (χ1v) is 10.4. The van der Waals surface area contributed by atoms with Gasteiger partial charge in [0.15, 0.2) is 0 Å². The first-order chi connectivity index (χ1) is 12.9. The minimum absolute atomic E-state index is 0.0717. The molecule has 0 saturated heterocycles. The van der Waals surface area contributed by atoms with E-state index in [9.17, 15) is 5.11 Å². The molecule has 0 aromatic heterocycles. The fraction of sp³-hybridized carbons (Fsp3) is 0.478. The summed E-state index contributed by atoms with van der Waals surface area (Å²) in [7, 11) is 4.23. The Bertz CT molecular complexity index is 744. The Balaban J connectivity index is 1.98. The first kappa shape index (κ1) is 20.7. The third-order valence-electron chi connectivity index (χ3n) is 5.95. The van der Waals surface area contributed by atoms with E-state index >= 15 is 0 Å². The maximum absolute atomic E-state index is 10.4. The first-order valence-electron chi connectivity index (χ1n) is 9.68. The third kappa shape index (κ3) is 5.26. The Morgan fingerprint density at radius 1 is 1.04 bits per heavy atom. The number of aliphatic hydroxyl groups is 1. The van der Waals surface area contributed by atoms with Gasteiger partial charge in [-0.1, -0.05) is 53.5 Å². The lowest BCUT2D eigenvalue weighted by Gasteiger charge is -2.47. The Labute approximate surface area is 173 Å². The predicted molar refractivity (Wildman–Crippen MR) is 115 cm³/mol. The summed E-state index contributed by atoms with van der Waals surface area (Å²) >= 11 is 12.6. The van der Waals surface area contributed by atoms with Crippen molar-refractivity contribution >= 4 is 23.2 Å². The monoisotopic (exact) mass is 405 g/mol. The van der Waals surface area contributed by atoms with Gasteiger partial charge in [-0.05, 0) is 86.9 Å². The molecule has 4 heteroatoms. The van der Waals surface area contributed by atoms with Crippen molar-refractivity contribution in [3.05, 3.63) is 69.7 Å². The highest BCUT2D eigenvalue weighted by molar-refractivity contribution is 6.31. The highest BCUT2D eigenvalue weighted by atomic mass is 35.5. The molecular formula is C23H29Cl2NO. The van der Waals surface area contributed by atoms with E-state index < -0.39 is 0 Å². The number of hydrogen-bond donors (Lipinski definition) is 1. The van der Waals surface area contributed by atoms with Gasteiger partial charge < -0.3 is 10.0 Å². The van der Waals surface area contributed by atoms with Crippen molar-refractivity contribution in [1.82, 2.24) is 4.90 Å². The number of rotatable bonds is 6.